The van der Waals surface area contributed by atoms with Gasteiger partial charge in [0.15, 0.2) is 5.78 Å². The summed E-state index contributed by atoms with van der Waals surface area (Å²) in [4.78, 5) is 12.7. The van der Waals surface area contributed by atoms with Gasteiger partial charge in [0.2, 0.25) is 0 Å². The van der Waals surface area contributed by atoms with Crippen LogP contribution in [-0.4, -0.2) is 10.9 Å². The maximum absolute atomic E-state index is 12.7. The first-order chi connectivity index (χ1) is 10.1. The van der Waals surface area contributed by atoms with E-state index in [4.69, 9.17) is 23.2 Å². The molecule has 21 heavy (non-hydrogen) atoms. The lowest BCUT2D eigenvalue weighted by molar-refractivity contribution is 0.0926. The van der Waals surface area contributed by atoms with E-state index < -0.39 is 0 Å². The number of phenols is 1. The first kappa shape index (κ1) is 14.4. The SMILES string of the molecule is CC[C@H]1C(=O)c2c(cc(O)c(Cl)c2Cl)[C@H]1c1ccccc1. The van der Waals surface area contributed by atoms with Gasteiger partial charge in [0.05, 0.1) is 5.02 Å². The molecule has 2 atom stereocenters. The number of halogens is 2. The van der Waals surface area contributed by atoms with Gasteiger partial charge in [-0.15, -0.1) is 0 Å². The van der Waals surface area contributed by atoms with Crippen molar-refractivity contribution < 1.29 is 9.90 Å². The summed E-state index contributed by atoms with van der Waals surface area (Å²) >= 11 is 12.2. The Balaban J connectivity index is 2.26. The molecule has 0 bridgehead atoms. The fraction of sp³-hybridized carbons (Fsp3) is 0.235. The molecule has 0 aliphatic heterocycles. The van der Waals surface area contributed by atoms with E-state index in [9.17, 15) is 9.90 Å². The van der Waals surface area contributed by atoms with Crippen LogP contribution in [0.15, 0.2) is 36.4 Å². The van der Waals surface area contributed by atoms with Crippen molar-refractivity contribution in [2.24, 2.45) is 5.92 Å². The predicted octanol–water partition coefficient (Wildman–Crippen LogP) is 5.05. The number of phenolic OH excluding ortho intramolecular Hbond substituents is 1. The van der Waals surface area contributed by atoms with E-state index in [-0.39, 0.29) is 33.4 Å². The van der Waals surface area contributed by atoms with Crippen LogP contribution >= 0.6 is 23.2 Å². The van der Waals surface area contributed by atoms with Crippen LogP contribution in [0.4, 0.5) is 0 Å². The second kappa shape index (κ2) is 5.36. The van der Waals surface area contributed by atoms with Crippen LogP contribution in [0, 0.1) is 5.92 Å². The summed E-state index contributed by atoms with van der Waals surface area (Å²) in [7, 11) is 0. The molecule has 0 saturated carbocycles. The van der Waals surface area contributed by atoms with E-state index in [1.807, 2.05) is 37.3 Å². The van der Waals surface area contributed by atoms with E-state index >= 15 is 0 Å². The van der Waals surface area contributed by atoms with Gasteiger partial charge in [-0.25, -0.2) is 0 Å². The van der Waals surface area contributed by atoms with Crippen molar-refractivity contribution in [3.63, 3.8) is 0 Å². The van der Waals surface area contributed by atoms with Gasteiger partial charge in [-0.05, 0) is 23.6 Å². The molecule has 0 fully saturated rings. The number of carbonyl (C=O) groups is 1. The number of carbonyl (C=O) groups excluding carboxylic acids is 1. The molecule has 4 heteroatoms. The van der Waals surface area contributed by atoms with Gasteiger partial charge >= 0.3 is 0 Å². The van der Waals surface area contributed by atoms with Crippen LogP contribution in [0.2, 0.25) is 10.0 Å². The Bertz CT molecular complexity index is 710. The number of benzene rings is 2. The average molecular weight is 321 g/mol. The minimum Gasteiger partial charge on any atom is -0.506 e. The number of aromatic hydroxyl groups is 1. The molecular weight excluding hydrogens is 307 g/mol. The second-order valence-corrected chi connectivity index (χ2v) is 6.01. The summed E-state index contributed by atoms with van der Waals surface area (Å²) < 4.78 is 0. The average Bonchev–Trinajstić information content (AvgIpc) is 2.77. The number of fused-ring (bicyclic) bond motifs is 1. The number of Topliss-reactive ketones (excluding diaryl/α,β-unsaturated/α-hetero) is 1. The number of hydrogen-bond donors (Lipinski definition) is 1. The highest BCUT2D eigenvalue weighted by atomic mass is 35.5. The van der Waals surface area contributed by atoms with Crippen LogP contribution in [0.1, 0.15) is 40.7 Å². The Labute approximate surface area is 133 Å². The molecule has 2 aromatic rings. The van der Waals surface area contributed by atoms with Gasteiger partial charge < -0.3 is 5.11 Å². The highest BCUT2D eigenvalue weighted by molar-refractivity contribution is 6.45. The van der Waals surface area contributed by atoms with Crippen molar-refractivity contribution in [2.45, 2.75) is 19.3 Å². The smallest absolute Gasteiger partial charge is 0.168 e. The van der Waals surface area contributed by atoms with Crippen molar-refractivity contribution in [1.29, 1.82) is 0 Å². The Morgan fingerprint density at radius 1 is 1.14 bits per heavy atom. The highest BCUT2D eigenvalue weighted by Crippen LogP contribution is 2.50. The minimum atomic E-state index is -0.169. The molecule has 0 spiro atoms. The van der Waals surface area contributed by atoms with Crippen molar-refractivity contribution in [3.05, 3.63) is 63.1 Å². The van der Waals surface area contributed by atoms with Crippen LogP contribution in [0.25, 0.3) is 0 Å². The third-order valence-electron chi connectivity index (χ3n) is 4.14. The van der Waals surface area contributed by atoms with Crippen LogP contribution in [0.5, 0.6) is 5.75 Å². The van der Waals surface area contributed by atoms with Crippen molar-refractivity contribution in [2.75, 3.05) is 0 Å². The molecule has 108 valence electrons. The van der Waals surface area contributed by atoms with E-state index in [1.165, 1.54) is 0 Å². The van der Waals surface area contributed by atoms with Crippen LogP contribution in [0.3, 0.4) is 0 Å². The van der Waals surface area contributed by atoms with Gasteiger partial charge in [0, 0.05) is 17.4 Å². The molecule has 0 heterocycles. The fourth-order valence-corrected chi connectivity index (χ4v) is 3.62. The monoisotopic (exact) mass is 320 g/mol. The van der Waals surface area contributed by atoms with Crippen molar-refractivity contribution in [1.82, 2.24) is 0 Å². The Morgan fingerprint density at radius 2 is 1.81 bits per heavy atom. The predicted molar refractivity (Wildman–Crippen MR) is 84.5 cm³/mol. The van der Waals surface area contributed by atoms with Gasteiger partial charge in [-0.2, -0.15) is 0 Å². The lowest BCUT2D eigenvalue weighted by Crippen LogP contribution is -2.13. The molecule has 1 aliphatic carbocycles. The van der Waals surface area contributed by atoms with Crippen molar-refractivity contribution in [3.8, 4) is 5.75 Å². The summed E-state index contributed by atoms with van der Waals surface area (Å²) in [5.41, 5.74) is 2.28. The van der Waals surface area contributed by atoms with E-state index in [0.29, 0.717) is 12.0 Å². The normalized spacial score (nSPS) is 20.6. The zero-order valence-corrected chi connectivity index (χ0v) is 12.9. The van der Waals surface area contributed by atoms with Gasteiger partial charge in [-0.1, -0.05) is 60.5 Å². The zero-order valence-electron chi connectivity index (χ0n) is 11.4. The first-order valence-electron chi connectivity index (χ1n) is 6.86. The number of rotatable bonds is 2. The maximum Gasteiger partial charge on any atom is 0.168 e. The Morgan fingerprint density at radius 3 is 2.43 bits per heavy atom. The third kappa shape index (κ3) is 2.14. The summed E-state index contributed by atoms with van der Waals surface area (Å²) in [5.74, 6) is -0.323. The summed E-state index contributed by atoms with van der Waals surface area (Å²) in [6, 6.07) is 11.4. The standard InChI is InChI=1S/C17H14Cl2O2/c1-2-10-13(9-6-4-3-5-7-9)11-8-12(20)15(18)16(19)14(11)17(10)21/h3-8,10,13,20H,2H2,1H3/t10-,13+/m1/s1. The van der Waals surface area contributed by atoms with Gasteiger partial charge in [0.25, 0.3) is 0 Å². The van der Waals surface area contributed by atoms with Gasteiger partial charge in [0.1, 0.15) is 10.8 Å². The largest absolute Gasteiger partial charge is 0.506 e. The molecule has 0 saturated heterocycles. The van der Waals surface area contributed by atoms with Gasteiger partial charge in [-0.3, -0.25) is 4.79 Å². The third-order valence-corrected chi connectivity index (χ3v) is 4.99. The van der Waals surface area contributed by atoms with E-state index in [2.05, 4.69) is 0 Å². The molecule has 1 N–H and O–H groups in total. The molecule has 0 radical (unpaired) electrons. The molecule has 2 nitrogen and oxygen atoms in total. The lowest BCUT2D eigenvalue weighted by Gasteiger charge is -2.18. The maximum atomic E-state index is 12.7. The quantitative estimate of drug-likeness (QED) is 0.840. The van der Waals surface area contributed by atoms with Crippen molar-refractivity contribution >= 4 is 29.0 Å². The zero-order chi connectivity index (χ0) is 15.1. The topological polar surface area (TPSA) is 37.3 Å². The molecule has 0 unspecified atom stereocenters. The van der Waals surface area contributed by atoms with Crippen LogP contribution < -0.4 is 0 Å². The lowest BCUT2D eigenvalue weighted by atomic mass is 9.84. The summed E-state index contributed by atoms with van der Waals surface area (Å²) in [6.07, 6.45) is 0.710. The second-order valence-electron chi connectivity index (χ2n) is 5.26. The van der Waals surface area contributed by atoms with Crippen LogP contribution in [-0.2, 0) is 0 Å². The molecule has 1 aliphatic rings. The molecular formula is C17H14Cl2O2. The fourth-order valence-electron chi connectivity index (χ4n) is 3.17. The minimum absolute atomic E-state index is 0.00764. The first-order valence-corrected chi connectivity index (χ1v) is 7.61. The molecule has 0 aromatic heterocycles. The number of hydrogen-bond acceptors (Lipinski definition) is 2. The summed E-state index contributed by atoms with van der Waals surface area (Å²) in [5, 5.41) is 10.2. The Hall–Kier alpha value is -1.51. The summed E-state index contributed by atoms with van der Waals surface area (Å²) in [6.45, 7) is 1.99. The molecule has 2 aromatic carbocycles. The number of ketones is 1. The van der Waals surface area contributed by atoms with E-state index in [0.717, 1.165) is 11.1 Å². The van der Waals surface area contributed by atoms with E-state index in [1.54, 1.807) is 6.07 Å². The Kier molecular flexibility index (Phi) is 3.68. The molecule has 0 amide bonds. The molecule has 3 rings (SSSR count). The highest BCUT2D eigenvalue weighted by Gasteiger charge is 2.41.